The molecule has 0 aromatic carbocycles. The van der Waals surface area contributed by atoms with E-state index in [2.05, 4.69) is 21.2 Å². The zero-order valence-corrected chi connectivity index (χ0v) is 14.6. The number of ketones is 1. The third kappa shape index (κ3) is 3.59. The summed E-state index contributed by atoms with van der Waals surface area (Å²) in [5.74, 6) is -2.13. The summed E-state index contributed by atoms with van der Waals surface area (Å²) in [6.45, 7) is 0.127. The highest BCUT2D eigenvalue weighted by Gasteiger charge is 2.54. The summed E-state index contributed by atoms with van der Waals surface area (Å²) < 4.78 is 4.97. The predicted octanol–water partition coefficient (Wildman–Crippen LogP) is -0.275. The lowest BCUT2D eigenvalue weighted by molar-refractivity contribution is -0.151. The van der Waals surface area contributed by atoms with Gasteiger partial charge in [0, 0.05) is 12.9 Å². The predicted molar refractivity (Wildman–Crippen MR) is 85.0 cm³/mol. The summed E-state index contributed by atoms with van der Waals surface area (Å²) in [6.07, 6.45) is -0.316. The zero-order valence-electron chi connectivity index (χ0n) is 12.2. The van der Waals surface area contributed by atoms with Crippen molar-refractivity contribution >= 4 is 51.3 Å². The third-order valence-corrected chi connectivity index (χ3v) is 5.36. The van der Waals surface area contributed by atoms with Crippen molar-refractivity contribution in [1.29, 1.82) is 0 Å². The number of hydrogen-bond acceptors (Lipinski definition) is 6. The van der Waals surface area contributed by atoms with Gasteiger partial charge in [0.2, 0.25) is 5.91 Å². The van der Waals surface area contributed by atoms with Gasteiger partial charge in [-0.1, -0.05) is 15.9 Å². The van der Waals surface area contributed by atoms with Gasteiger partial charge < -0.3 is 15.2 Å². The number of amides is 2. The molecule has 0 bridgehead atoms. The Morgan fingerprint density at radius 3 is 2.74 bits per heavy atom. The van der Waals surface area contributed by atoms with Crippen molar-refractivity contribution in [2.45, 2.75) is 17.8 Å². The van der Waals surface area contributed by atoms with Crippen LogP contribution < -0.4 is 5.32 Å². The minimum atomic E-state index is -1.20. The molecule has 1 unspecified atom stereocenters. The molecule has 0 radical (unpaired) electrons. The number of hydrogen-bond donors (Lipinski definition) is 2. The van der Waals surface area contributed by atoms with Gasteiger partial charge in [-0.3, -0.25) is 19.3 Å². The first kappa shape index (κ1) is 18.0. The van der Waals surface area contributed by atoms with Crippen LogP contribution in [0.5, 0.6) is 0 Å². The average Bonchev–Trinajstić information content (AvgIpc) is 2.51. The van der Waals surface area contributed by atoms with Gasteiger partial charge in [-0.25, -0.2) is 4.79 Å². The third-order valence-electron chi connectivity index (χ3n) is 3.39. The topological polar surface area (TPSA) is 113 Å². The molecule has 10 heteroatoms. The molecule has 23 heavy (non-hydrogen) atoms. The quantitative estimate of drug-likeness (QED) is 0.339. The summed E-state index contributed by atoms with van der Waals surface area (Å²) in [4.78, 5) is 47.8. The number of rotatable bonds is 7. The molecular weight excluding hydrogens is 392 g/mol. The molecule has 0 saturated carbocycles. The van der Waals surface area contributed by atoms with Crippen LogP contribution >= 0.6 is 27.7 Å². The van der Waals surface area contributed by atoms with Crippen LogP contribution in [0.3, 0.4) is 0 Å². The van der Waals surface area contributed by atoms with Gasteiger partial charge in [0.05, 0.1) is 18.4 Å². The van der Waals surface area contributed by atoms with Crippen LogP contribution in [0.1, 0.15) is 6.42 Å². The maximum absolute atomic E-state index is 12.2. The van der Waals surface area contributed by atoms with Gasteiger partial charge in [-0.15, -0.1) is 11.8 Å². The number of halogens is 1. The zero-order chi connectivity index (χ0) is 17.1. The van der Waals surface area contributed by atoms with E-state index in [0.717, 1.165) is 0 Å². The molecule has 2 amide bonds. The van der Waals surface area contributed by atoms with E-state index in [9.17, 15) is 24.3 Å². The molecule has 0 aromatic rings. The van der Waals surface area contributed by atoms with Gasteiger partial charge in [0.25, 0.3) is 5.91 Å². The van der Waals surface area contributed by atoms with Crippen LogP contribution in [-0.2, 0) is 23.9 Å². The second kappa shape index (κ2) is 7.45. The molecule has 8 nitrogen and oxygen atoms in total. The van der Waals surface area contributed by atoms with Gasteiger partial charge in [-0.05, 0) is 5.57 Å². The van der Waals surface area contributed by atoms with E-state index in [0.29, 0.717) is 11.3 Å². The number of carbonyl (C=O) groups is 4. The lowest BCUT2D eigenvalue weighted by Gasteiger charge is -2.49. The SMILES string of the molecule is COCC1=C(C(=O)O)N2C(=O)C(NC(=O)CC(=O)CBr)[C@H]2SC1. The highest BCUT2D eigenvalue weighted by Crippen LogP contribution is 2.40. The van der Waals surface area contributed by atoms with Crippen molar-refractivity contribution < 1.29 is 29.0 Å². The molecule has 2 aliphatic heterocycles. The van der Waals surface area contributed by atoms with Gasteiger partial charge >= 0.3 is 5.97 Å². The summed E-state index contributed by atoms with van der Waals surface area (Å²) in [6, 6.07) is -0.811. The number of aliphatic carboxylic acids is 1. The molecule has 1 saturated heterocycles. The minimum Gasteiger partial charge on any atom is -0.477 e. The lowest BCUT2D eigenvalue weighted by Crippen LogP contribution is -2.70. The Hall–Kier alpha value is -1.39. The smallest absolute Gasteiger partial charge is 0.352 e. The maximum Gasteiger partial charge on any atom is 0.352 e. The normalized spacial score (nSPS) is 23.2. The highest BCUT2D eigenvalue weighted by atomic mass is 79.9. The molecule has 0 spiro atoms. The Bertz CT molecular complexity index is 593. The van der Waals surface area contributed by atoms with Gasteiger partial charge in [0.1, 0.15) is 17.1 Å². The number of carboxylic acids is 1. The van der Waals surface area contributed by atoms with Gasteiger partial charge in [0.15, 0.2) is 5.78 Å². The van der Waals surface area contributed by atoms with Crippen molar-refractivity contribution in [3.63, 3.8) is 0 Å². The first-order valence-electron chi connectivity index (χ1n) is 6.66. The van der Waals surface area contributed by atoms with E-state index in [4.69, 9.17) is 4.74 Å². The molecule has 2 rings (SSSR count). The Morgan fingerprint density at radius 1 is 1.48 bits per heavy atom. The molecule has 0 aliphatic carbocycles. The fourth-order valence-electron chi connectivity index (χ4n) is 2.42. The Balaban J connectivity index is 2.09. The number of Topliss-reactive ketones (excluding diaryl/α,β-unsaturated/α-hetero) is 1. The minimum absolute atomic E-state index is 0.0651. The fraction of sp³-hybridized carbons (Fsp3) is 0.538. The molecule has 2 atom stereocenters. The van der Waals surface area contributed by atoms with E-state index in [1.807, 2.05) is 0 Å². The van der Waals surface area contributed by atoms with E-state index < -0.39 is 29.2 Å². The first-order chi connectivity index (χ1) is 10.9. The number of nitrogens with zero attached hydrogens (tertiary/aromatic N) is 1. The standard InChI is InChI=1S/C13H15BrN2O6S/c1-22-4-6-5-23-12-9(15-8(18)2-7(17)3-14)11(19)16(12)10(6)13(20)21/h9,12H,2-5H2,1H3,(H,15,18)(H,20,21)/t9?,12-/m1/s1. The molecule has 2 heterocycles. The van der Waals surface area contributed by atoms with E-state index >= 15 is 0 Å². The molecule has 2 aliphatic rings. The Kier molecular flexibility index (Phi) is 5.82. The number of carbonyl (C=O) groups excluding carboxylic acids is 3. The number of nitrogens with one attached hydrogen (secondary N) is 1. The number of alkyl halides is 1. The van der Waals surface area contributed by atoms with Crippen molar-refractivity contribution in [3.8, 4) is 0 Å². The first-order valence-corrected chi connectivity index (χ1v) is 8.83. The molecule has 0 aromatic heterocycles. The maximum atomic E-state index is 12.2. The van der Waals surface area contributed by atoms with Crippen molar-refractivity contribution in [3.05, 3.63) is 11.3 Å². The summed E-state index contributed by atoms with van der Waals surface area (Å²) >= 11 is 4.32. The van der Waals surface area contributed by atoms with E-state index in [1.165, 1.54) is 23.8 Å². The number of carboxylic acid groups (broad SMARTS) is 1. The monoisotopic (exact) mass is 406 g/mol. The van der Waals surface area contributed by atoms with Crippen molar-refractivity contribution in [2.75, 3.05) is 24.8 Å². The van der Waals surface area contributed by atoms with Crippen LogP contribution in [0.4, 0.5) is 0 Å². The largest absolute Gasteiger partial charge is 0.477 e. The second-order valence-corrected chi connectivity index (χ2v) is 6.66. The fourth-order valence-corrected chi connectivity index (χ4v) is 3.94. The number of β-lactam (4-membered cyclic amide) rings is 1. The molecular formula is C13H15BrN2O6S. The molecule has 126 valence electrons. The van der Waals surface area contributed by atoms with Gasteiger partial charge in [-0.2, -0.15) is 0 Å². The van der Waals surface area contributed by atoms with Crippen LogP contribution in [0, 0.1) is 0 Å². The van der Waals surface area contributed by atoms with Crippen LogP contribution in [0.25, 0.3) is 0 Å². The number of ether oxygens (including phenoxy) is 1. The van der Waals surface area contributed by atoms with Crippen LogP contribution in [0.15, 0.2) is 11.3 Å². The summed E-state index contributed by atoms with van der Waals surface area (Å²) in [5, 5.41) is 11.4. The second-order valence-electron chi connectivity index (χ2n) is 4.99. The highest BCUT2D eigenvalue weighted by molar-refractivity contribution is 9.09. The van der Waals surface area contributed by atoms with Crippen molar-refractivity contribution in [1.82, 2.24) is 10.2 Å². The van der Waals surface area contributed by atoms with Crippen molar-refractivity contribution in [2.24, 2.45) is 0 Å². The Morgan fingerprint density at radius 2 is 2.17 bits per heavy atom. The number of fused-ring (bicyclic) bond motifs is 1. The van der Waals surface area contributed by atoms with Crippen LogP contribution in [-0.4, -0.2) is 69.8 Å². The lowest BCUT2D eigenvalue weighted by atomic mass is 10.0. The summed E-state index contributed by atoms with van der Waals surface area (Å²) in [7, 11) is 1.45. The Labute approximate surface area is 144 Å². The van der Waals surface area contributed by atoms with E-state index in [1.54, 1.807) is 0 Å². The number of methoxy groups -OCH3 is 1. The average molecular weight is 407 g/mol. The van der Waals surface area contributed by atoms with Crippen LogP contribution in [0.2, 0.25) is 0 Å². The molecule has 1 fully saturated rings. The molecule has 2 N–H and O–H groups in total. The number of thioether (sulfide) groups is 1. The van der Waals surface area contributed by atoms with E-state index in [-0.39, 0.29) is 29.8 Å². The summed E-state index contributed by atoms with van der Waals surface area (Å²) in [5.41, 5.74) is 0.441.